The average molecular weight is 396 g/mol. The zero-order valence-electron chi connectivity index (χ0n) is 12.5. The fourth-order valence-electron chi connectivity index (χ4n) is 1.29. The van der Waals surface area contributed by atoms with Gasteiger partial charge in [0.2, 0.25) is 0 Å². The molecule has 148 valence electrons. The molecule has 0 spiro atoms. The van der Waals surface area contributed by atoms with Crippen LogP contribution in [0.1, 0.15) is 20.3 Å². The third kappa shape index (κ3) is 4.97. The van der Waals surface area contributed by atoms with Gasteiger partial charge in [0.15, 0.2) is 0 Å². The van der Waals surface area contributed by atoms with Gasteiger partial charge < -0.3 is 4.74 Å². The number of rotatable bonds is 7. The van der Waals surface area contributed by atoms with Gasteiger partial charge in [0.25, 0.3) is 6.08 Å². The van der Waals surface area contributed by atoms with Crippen LogP contribution in [-0.2, 0) is 9.53 Å². The minimum Gasteiger partial charge on any atom is -0.462 e. The summed E-state index contributed by atoms with van der Waals surface area (Å²) in [6.45, 7) is 2.15. The van der Waals surface area contributed by atoms with Gasteiger partial charge in [-0.2, -0.15) is 48.3 Å². The van der Waals surface area contributed by atoms with E-state index < -0.39 is 60.5 Å². The zero-order chi connectivity index (χ0) is 20.4. The summed E-state index contributed by atoms with van der Waals surface area (Å²) in [4.78, 5) is 11.2. The van der Waals surface area contributed by atoms with E-state index in [-0.39, 0.29) is 0 Å². The molecule has 0 rings (SSSR count). The highest BCUT2D eigenvalue weighted by molar-refractivity contribution is 5.88. The van der Waals surface area contributed by atoms with Crippen LogP contribution in [0.15, 0.2) is 11.7 Å². The highest BCUT2D eigenvalue weighted by atomic mass is 19.4. The molecule has 0 aromatic rings. The molecule has 25 heavy (non-hydrogen) atoms. The maximum Gasteiger partial charge on any atom is 0.460 e. The number of hydrogen-bond donors (Lipinski definition) is 0. The first kappa shape index (κ1) is 23.4. The second kappa shape index (κ2) is 7.36. The fraction of sp³-hybridized carbons (Fsp3) is 0.750. The number of esters is 1. The van der Waals surface area contributed by atoms with Gasteiger partial charge in [-0.3, -0.25) is 0 Å². The Morgan fingerprint density at radius 3 is 1.64 bits per heavy atom. The molecule has 0 bridgehead atoms. The molecule has 0 aliphatic rings. The second-order valence-corrected chi connectivity index (χ2v) is 5.26. The van der Waals surface area contributed by atoms with Gasteiger partial charge in [0.05, 0.1) is 13.0 Å². The topological polar surface area (TPSA) is 26.3 Å². The molecule has 0 heterocycles. The molecule has 13 heteroatoms. The SMILES string of the molecule is CC(C)COC(=O)C(CC(F)(F)C(F)(F)C(F)(F)C(F)(F)F)=C(F)F. The number of carbonyl (C=O) groups is 1. The van der Waals surface area contributed by atoms with Crippen LogP contribution in [0, 0.1) is 5.92 Å². The third-order valence-corrected chi connectivity index (χ3v) is 2.63. The van der Waals surface area contributed by atoms with Crippen LogP contribution in [-0.4, -0.2) is 36.5 Å². The molecular weight excluding hydrogens is 385 g/mol. The summed E-state index contributed by atoms with van der Waals surface area (Å²) >= 11 is 0. The molecule has 0 radical (unpaired) electrons. The van der Waals surface area contributed by atoms with Crippen molar-refractivity contribution in [3.05, 3.63) is 11.7 Å². The van der Waals surface area contributed by atoms with E-state index >= 15 is 0 Å². The Hall–Kier alpha value is -1.56. The zero-order valence-corrected chi connectivity index (χ0v) is 12.5. The van der Waals surface area contributed by atoms with Crippen molar-refractivity contribution in [3.63, 3.8) is 0 Å². The predicted octanol–water partition coefficient (Wildman–Crippen LogP) is 5.19. The number of ether oxygens (including phenoxy) is 1. The van der Waals surface area contributed by atoms with Crippen molar-refractivity contribution in [3.8, 4) is 0 Å². The largest absolute Gasteiger partial charge is 0.462 e. The van der Waals surface area contributed by atoms with E-state index in [0.29, 0.717) is 0 Å². The number of carbonyl (C=O) groups excluding carboxylic acids is 1. The second-order valence-electron chi connectivity index (χ2n) is 5.26. The lowest BCUT2D eigenvalue weighted by Gasteiger charge is -2.33. The van der Waals surface area contributed by atoms with Crippen molar-refractivity contribution < 1.29 is 57.8 Å². The van der Waals surface area contributed by atoms with Crippen molar-refractivity contribution in [2.75, 3.05) is 6.61 Å². The van der Waals surface area contributed by atoms with Gasteiger partial charge in [-0.05, 0) is 5.92 Å². The van der Waals surface area contributed by atoms with Crippen LogP contribution in [0.5, 0.6) is 0 Å². The van der Waals surface area contributed by atoms with Gasteiger partial charge in [0.1, 0.15) is 5.57 Å². The summed E-state index contributed by atoms with van der Waals surface area (Å²) in [6.07, 6.45) is -13.4. The Labute approximate surface area is 133 Å². The maximum atomic E-state index is 13.3. The fourth-order valence-corrected chi connectivity index (χ4v) is 1.29. The molecule has 0 aromatic carbocycles. The van der Waals surface area contributed by atoms with Gasteiger partial charge in [0, 0.05) is 0 Å². The van der Waals surface area contributed by atoms with Crippen LogP contribution in [0.25, 0.3) is 0 Å². The minimum atomic E-state index is -7.23. The molecule has 0 amide bonds. The Bertz CT molecular complexity index is 516. The van der Waals surface area contributed by atoms with Gasteiger partial charge >= 0.3 is 29.9 Å². The lowest BCUT2D eigenvalue weighted by atomic mass is 9.97. The number of alkyl halides is 9. The van der Waals surface area contributed by atoms with Crippen molar-refractivity contribution in [2.24, 2.45) is 5.92 Å². The predicted molar refractivity (Wildman–Crippen MR) is 60.6 cm³/mol. The minimum absolute atomic E-state index is 0.496. The molecule has 2 nitrogen and oxygen atoms in total. The first-order valence-electron chi connectivity index (χ1n) is 6.30. The van der Waals surface area contributed by atoms with Crippen molar-refractivity contribution in [2.45, 2.75) is 44.2 Å². The summed E-state index contributed by atoms with van der Waals surface area (Å²) in [5.74, 6) is -23.4. The van der Waals surface area contributed by atoms with Gasteiger partial charge in [-0.15, -0.1) is 0 Å². The van der Waals surface area contributed by atoms with Crippen LogP contribution < -0.4 is 0 Å². The maximum absolute atomic E-state index is 13.3. The summed E-state index contributed by atoms with van der Waals surface area (Å²) in [7, 11) is 0. The van der Waals surface area contributed by atoms with Gasteiger partial charge in [-0.25, -0.2) is 4.79 Å². The molecule has 0 saturated heterocycles. The highest BCUT2D eigenvalue weighted by Crippen LogP contribution is 2.54. The molecule has 0 atom stereocenters. The smallest absolute Gasteiger partial charge is 0.460 e. The van der Waals surface area contributed by atoms with Gasteiger partial charge in [-0.1, -0.05) is 13.8 Å². The summed E-state index contributed by atoms with van der Waals surface area (Å²) in [5.41, 5.74) is -2.43. The number of halogens is 11. The monoisotopic (exact) mass is 396 g/mol. The lowest BCUT2D eigenvalue weighted by molar-refractivity contribution is -0.395. The normalized spacial score (nSPS) is 13.8. The molecule has 0 saturated carbocycles. The van der Waals surface area contributed by atoms with E-state index in [0.717, 1.165) is 0 Å². The first-order valence-corrected chi connectivity index (χ1v) is 6.30. The molecule has 0 unspecified atom stereocenters. The van der Waals surface area contributed by atoms with E-state index in [1.165, 1.54) is 13.8 Å². The molecule has 0 aliphatic carbocycles. The van der Waals surface area contributed by atoms with Crippen molar-refractivity contribution >= 4 is 5.97 Å². The van der Waals surface area contributed by atoms with E-state index in [9.17, 15) is 53.1 Å². The van der Waals surface area contributed by atoms with E-state index in [2.05, 4.69) is 4.74 Å². The standard InChI is InChI=1S/C12H11F11O2/c1-5(2)4-25-8(24)6(7(13)14)3-9(15,16)10(17,18)11(19,20)12(21,22)23/h5H,3-4H2,1-2H3. The highest BCUT2D eigenvalue weighted by Gasteiger charge is 2.81. The number of hydrogen-bond acceptors (Lipinski definition) is 2. The first-order chi connectivity index (χ1) is 10.9. The summed E-state index contributed by atoms with van der Waals surface area (Å²) in [5, 5.41) is 0. The summed E-state index contributed by atoms with van der Waals surface area (Å²) in [6, 6.07) is 0. The van der Waals surface area contributed by atoms with E-state index in [1.54, 1.807) is 0 Å². The Morgan fingerprint density at radius 2 is 1.32 bits per heavy atom. The average Bonchev–Trinajstić information content (AvgIpc) is 2.40. The van der Waals surface area contributed by atoms with E-state index in [1.807, 2.05) is 0 Å². The molecule has 0 aromatic heterocycles. The molecule has 0 N–H and O–H groups in total. The van der Waals surface area contributed by atoms with Crippen molar-refractivity contribution in [1.29, 1.82) is 0 Å². The summed E-state index contributed by atoms with van der Waals surface area (Å²) < 4.78 is 143. The Morgan fingerprint density at radius 1 is 0.880 bits per heavy atom. The van der Waals surface area contributed by atoms with E-state index in [4.69, 9.17) is 0 Å². The molecule has 0 fully saturated rings. The van der Waals surface area contributed by atoms with Crippen LogP contribution in [0.3, 0.4) is 0 Å². The Balaban J connectivity index is 5.71. The lowest BCUT2D eigenvalue weighted by Crippen LogP contribution is -2.61. The Kier molecular flexibility index (Phi) is 6.90. The third-order valence-electron chi connectivity index (χ3n) is 2.63. The van der Waals surface area contributed by atoms with Crippen molar-refractivity contribution in [1.82, 2.24) is 0 Å². The molecule has 0 aliphatic heterocycles. The quantitative estimate of drug-likeness (QED) is 0.336. The molecular formula is C12H11F11O2. The van der Waals surface area contributed by atoms with Crippen LogP contribution >= 0.6 is 0 Å². The van der Waals surface area contributed by atoms with Crippen LogP contribution in [0.4, 0.5) is 48.3 Å². The van der Waals surface area contributed by atoms with Crippen LogP contribution in [0.2, 0.25) is 0 Å².